The third-order valence-corrected chi connectivity index (χ3v) is 8.00. The van der Waals surface area contributed by atoms with Crippen molar-refractivity contribution in [3.05, 3.63) is 11.6 Å². The summed E-state index contributed by atoms with van der Waals surface area (Å²) in [6, 6.07) is -0.790. The standard InChI is InChI=1S/C29H52N4O3/c1-20(2)25(19-22(5)27(34)30-23-15-11-9-8-10-12-16-23)33(7)29(36)26(21(3)4)31-28(35)24-17-13-14-18-32(24)6/h19-21,23-26H,8-18H2,1-7H3,(H,30,34)(H,31,35)/t24-,25-,26+/m1/s1. The monoisotopic (exact) mass is 504 g/mol. The molecule has 0 aromatic heterocycles. The second kappa shape index (κ2) is 14.7. The topological polar surface area (TPSA) is 81.8 Å². The van der Waals surface area contributed by atoms with Crippen molar-refractivity contribution in [2.24, 2.45) is 11.8 Å². The Morgan fingerprint density at radius 1 is 0.889 bits per heavy atom. The number of likely N-dealkylation sites (N-methyl/N-ethyl adjacent to an activating group) is 2. The van der Waals surface area contributed by atoms with E-state index in [1.165, 1.54) is 32.1 Å². The minimum Gasteiger partial charge on any atom is -0.350 e. The van der Waals surface area contributed by atoms with Crippen LogP contribution in [0.3, 0.4) is 0 Å². The van der Waals surface area contributed by atoms with Crippen molar-refractivity contribution in [1.29, 1.82) is 0 Å². The maximum Gasteiger partial charge on any atom is 0.246 e. The third-order valence-electron chi connectivity index (χ3n) is 8.00. The fraction of sp³-hybridized carbons (Fsp3) is 0.828. The number of hydrogen-bond acceptors (Lipinski definition) is 4. The van der Waals surface area contributed by atoms with Crippen molar-refractivity contribution in [1.82, 2.24) is 20.4 Å². The van der Waals surface area contributed by atoms with Gasteiger partial charge in [-0.3, -0.25) is 19.3 Å². The number of rotatable bonds is 9. The molecule has 206 valence electrons. The highest BCUT2D eigenvalue weighted by Crippen LogP contribution is 2.20. The average Bonchev–Trinajstić information content (AvgIpc) is 2.81. The van der Waals surface area contributed by atoms with E-state index < -0.39 is 6.04 Å². The Hall–Kier alpha value is -1.89. The van der Waals surface area contributed by atoms with Gasteiger partial charge >= 0.3 is 0 Å². The van der Waals surface area contributed by atoms with Crippen LogP contribution in [0.5, 0.6) is 0 Å². The molecule has 2 aliphatic rings. The molecule has 2 N–H and O–H groups in total. The smallest absolute Gasteiger partial charge is 0.246 e. The predicted octanol–water partition coefficient (Wildman–Crippen LogP) is 4.27. The summed E-state index contributed by atoms with van der Waals surface area (Å²) in [5, 5.41) is 6.29. The largest absolute Gasteiger partial charge is 0.350 e. The number of nitrogens with zero attached hydrogens (tertiary/aromatic N) is 2. The highest BCUT2D eigenvalue weighted by atomic mass is 16.2. The van der Waals surface area contributed by atoms with Crippen LogP contribution in [0.2, 0.25) is 0 Å². The average molecular weight is 505 g/mol. The highest BCUT2D eigenvalue weighted by Gasteiger charge is 2.34. The predicted molar refractivity (Wildman–Crippen MR) is 146 cm³/mol. The summed E-state index contributed by atoms with van der Waals surface area (Å²) in [6.45, 7) is 10.8. The van der Waals surface area contributed by atoms with Gasteiger partial charge in [0, 0.05) is 18.7 Å². The van der Waals surface area contributed by atoms with E-state index in [1.54, 1.807) is 11.9 Å². The van der Waals surface area contributed by atoms with Gasteiger partial charge in [-0.05, 0) is 58.0 Å². The molecule has 1 heterocycles. The zero-order valence-corrected chi connectivity index (χ0v) is 23.9. The lowest BCUT2D eigenvalue weighted by Gasteiger charge is -2.36. The lowest BCUT2D eigenvalue weighted by molar-refractivity contribution is -0.139. The summed E-state index contributed by atoms with van der Waals surface area (Å²) in [4.78, 5) is 43.5. The summed E-state index contributed by atoms with van der Waals surface area (Å²) in [6.07, 6.45) is 13.1. The normalized spacial score (nSPS) is 22.5. The van der Waals surface area contributed by atoms with Crippen LogP contribution < -0.4 is 10.6 Å². The summed E-state index contributed by atoms with van der Waals surface area (Å²) < 4.78 is 0. The second-order valence-corrected chi connectivity index (χ2v) is 11.8. The Labute approximate surface area is 219 Å². The summed E-state index contributed by atoms with van der Waals surface area (Å²) >= 11 is 0. The van der Waals surface area contributed by atoms with Crippen LogP contribution >= 0.6 is 0 Å². The molecule has 1 saturated carbocycles. The Morgan fingerprint density at radius 2 is 1.47 bits per heavy atom. The van der Waals surface area contributed by atoms with Gasteiger partial charge in [0.2, 0.25) is 17.7 Å². The van der Waals surface area contributed by atoms with Crippen molar-refractivity contribution in [2.45, 2.75) is 123 Å². The molecule has 36 heavy (non-hydrogen) atoms. The molecule has 0 bridgehead atoms. The summed E-state index contributed by atoms with van der Waals surface area (Å²) in [7, 11) is 3.77. The van der Waals surface area contributed by atoms with Gasteiger partial charge < -0.3 is 15.5 Å². The van der Waals surface area contributed by atoms with Gasteiger partial charge in [0.1, 0.15) is 6.04 Å². The highest BCUT2D eigenvalue weighted by molar-refractivity contribution is 5.93. The third kappa shape index (κ3) is 8.89. The zero-order chi connectivity index (χ0) is 26.8. The zero-order valence-electron chi connectivity index (χ0n) is 23.9. The molecule has 0 spiro atoms. The van der Waals surface area contributed by atoms with Gasteiger partial charge in [0.15, 0.2) is 0 Å². The van der Waals surface area contributed by atoms with E-state index in [-0.39, 0.29) is 47.7 Å². The summed E-state index contributed by atoms with van der Waals surface area (Å²) in [5.74, 6) is -0.139. The van der Waals surface area contributed by atoms with Crippen molar-refractivity contribution >= 4 is 17.7 Å². The van der Waals surface area contributed by atoms with Gasteiger partial charge in [-0.15, -0.1) is 0 Å². The number of hydrogen-bond donors (Lipinski definition) is 2. The van der Waals surface area contributed by atoms with Crippen molar-refractivity contribution in [2.75, 3.05) is 20.6 Å². The molecule has 7 heteroatoms. The van der Waals surface area contributed by atoms with Crippen LogP contribution in [0.15, 0.2) is 11.6 Å². The lowest BCUT2D eigenvalue weighted by atomic mass is 9.95. The van der Waals surface area contributed by atoms with Crippen molar-refractivity contribution in [3.8, 4) is 0 Å². The molecular formula is C29H52N4O3. The maximum atomic E-state index is 13.6. The van der Waals surface area contributed by atoms with Crippen LogP contribution in [0.4, 0.5) is 0 Å². The van der Waals surface area contributed by atoms with Crippen molar-refractivity contribution < 1.29 is 14.4 Å². The van der Waals surface area contributed by atoms with Crippen LogP contribution in [-0.4, -0.2) is 72.3 Å². The Bertz CT molecular complexity index is 756. The van der Waals surface area contributed by atoms with E-state index in [4.69, 9.17) is 0 Å². The lowest BCUT2D eigenvalue weighted by Crippen LogP contribution is -2.57. The molecule has 2 rings (SSSR count). The van der Waals surface area contributed by atoms with E-state index in [0.717, 1.165) is 38.6 Å². The Morgan fingerprint density at radius 3 is 2.03 bits per heavy atom. The quantitative estimate of drug-likeness (QED) is 0.460. The van der Waals surface area contributed by atoms with Crippen LogP contribution in [-0.2, 0) is 14.4 Å². The minimum atomic E-state index is -0.600. The number of likely N-dealkylation sites (tertiary alicyclic amines) is 1. The fourth-order valence-corrected chi connectivity index (χ4v) is 5.52. The molecular weight excluding hydrogens is 452 g/mol. The van der Waals surface area contributed by atoms with Gasteiger partial charge in [-0.2, -0.15) is 0 Å². The SMILES string of the molecule is CC(=C[C@H](C(C)C)N(C)C(=O)[C@@H](NC(=O)[C@H]1CCCCN1C)C(C)C)C(=O)NC1CCCCCCC1. The number of amides is 3. The van der Waals surface area contributed by atoms with Crippen molar-refractivity contribution in [3.63, 3.8) is 0 Å². The van der Waals surface area contributed by atoms with Gasteiger partial charge in [-0.1, -0.05) is 72.3 Å². The maximum absolute atomic E-state index is 13.6. The molecule has 1 aliphatic carbocycles. The molecule has 3 atom stereocenters. The molecule has 0 aromatic carbocycles. The molecule has 3 amide bonds. The first kappa shape index (κ1) is 30.3. The molecule has 1 saturated heterocycles. The minimum absolute atomic E-state index is 0.0406. The van der Waals surface area contributed by atoms with Crippen LogP contribution in [0.25, 0.3) is 0 Å². The van der Waals surface area contributed by atoms with Gasteiger partial charge in [0.05, 0.1) is 12.1 Å². The van der Waals surface area contributed by atoms with E-state index in [2.05, 4.69) is 29.4 Å². The molecule has 0 unspecified atom stereocenters. The van der Waals surface area contributed by atoms with Crippen LogP contribution in [0.1, 0.15) is 98.8 Å². The molecule has 1 aliphatic heterocycles. The number of nitrogens with one attached hydrogen (secondary N) is 2. The fourth-order valence-electron chi connectivity index (χ4n) is 5.52. The molecule has 0 radical (unpaired) electrons. The number of piperidine rings is 1. The first-order chi connectivity index (χ1) is 17.0. The van der Waals surface area contributed by atoms with Gasteiger partial charge in [0.25, 0.3) is 0 Å². The summed E-state index contributed by atoms with van der Waals surface area (Å²) in [5.41, 5.74) is 0.643. The first-order valence-corrected chi connectivity index (χ1v) is 14.3. The Kier molecular flexibility index (Phi) is 12.4. The van der Waals surface area contributed by atoms with Crippen LogP contribution in [0, 0.1) is 11.8 Å². The van der Waals surface area contributed by atoms with E-state index in [9.17, 15) is 14.4 Å². The molecule has 2 fully saturated rings. The van der Waals surface area contributed by atoms with E-state index >= 15 is 0 Å². The molecule has 0 aromatic rings. The second-order valence-electron chi connectivity index (χ2n) is 11.8. The van der Waals surface area contributed by atoms with E-state index in [1.807, 2.05) is 33.9 Å². The Balaban J connectivity index is 2.09. The van der Waals surface area contributed by atoms with E-state index in [0.29, 0.717) is 5.57 Å². The van der Waals surface area contributed by atoms with Gasteiger partial charge in [-0.25, -0.2) is 0 Å². The number of carbonyl (C=O) groups is 3. The molecule has 7 nitrogen and oxygen atoms in total. The first-order valence-electron chi connectivity index (χ1n) is 14.3. The number of carbonyl (C=O) groups excluding carboxylic acids is 3.